The highest BCUT2D eigenvalue weighted by Gasteiger charge is 2.37. The van der Waals surface area contributed by atoms with E-state index >= 15 is 0 Å². The second kappa shape index (κ2) is 5.34. The minimum Gasteiger partial charge on any atom is -0.395 e. The Morgan fingerprint density at radius 3 is 2.65 bits per heavy atom. The fraction of sp³-hybridized carbons (Fsp3) is 0.500. The van der Waals surface area contributed by atoms with E-state index in [1.807, 2.05) is 0 Å². The largest absolute Gasteiger partial charge is 0.416 e. The Morgan fingerprint density at radius 2 is 2.05 bits per heavy atom. The molecular formula is C12H14F3NO3S. The Hall–Kier alpha value is -1.12. The molecule has 1 aliphatic rings. The van der Waals surface area contributed by atoms with Gasteiger partial charge in [-0.25, -0.2) is 8.42 Å². The number of rotatable bonds is 3. The quantitative estimate of drug-likeness (QED) is 0.927. The van der Waals surface area contributed by atoms with E-state index in [-0.39, 0.29) is 13.2 Å². The maximum Gasteiger partial charge on any atom is 0.416 e. The van der Waals surface area contributed by atoms with Gasteiger partial charge < -0.3 is 5.11 Å². The maximum absolute atomic E-state index is 12.6. The van der Waals surface area contributed by atoms with Gasteiger partial charge in [0.25, 0.3) is 0 Å². The number of alkyl halides is 3. The van der Waals surface area contributed by atoms with Gasteiger partial charge in [0.1, 0.15) is 0 Å². The Kier molecular flexibility index (Phi) is 4.08. The molecule has 0 radical (unpaired) electrons. The van der Waals surface area contributed by atoms with Crippen LogP contribution in [-0.4, -0.2) is 37.0 Å². The summed E-state index contributed by atoms with van der Waals surface area (Å²) in [4.78, 5) is -0.396. The Balaban J connectivity index is 2.40. The molecule has 4 nitrogen and oxygen atoms in total. The molecule has 1 aliphatic heterocycles. The summed E-state index contributed by atoms with van der Waals surface area (Å²) < 4.78 is 63.6. The van der Waals surface area contributed by atoms with E-state index in [9.17, 15) is 21.6 Å². The molecule has 0 aromatic heterocycles. The summed E-state index contributed by atoms with van der Waals surface area (Å²) >= 11 is 0. The first-order valence-electron chi connectivity index (χ1n) is 6.07. The SMILES string of the molecule is O=S(=O)(c1cccc(C(F)(F)F)c1)N1CCC[C@@H]1CO. The highest BCUT2D eigenvalue weighted by Crippen LogP contribution is 2.32. The number of benzene rings is 1. The summed E-state index contributed by atoms with van der Waals surface area (Å²) in [6.07, 6.45) is -3.50. The van der Waals surface area contributed by atoms with Crippen LogP contribution in [0.25, 0.3) is 0 Å². The van der Waals surface area contributed by atoms with Crippen LogP contribution < -0.4 is 0 Å². The molecule has 0 saturated carbocycles. The Labute approximate surface area is 114 Å². The molecule has 20 heavy (non-hydrogen) atoms. The lowest BCUT2D eigenvalue weighted by Gasteiger charge is -2.22. The van der Waals surface area contributed by atoms with Crippen molar-refractivity contribution in [1.82, 2.24) is 4.31 Å². The smallest absolute Gasteiger partial charge is 0.395 e. The van der Waals surface area contributed by atoms with E-state index in [2.05, 4.69) is 0 Å². The topological polar surface area (TPSA) is 57.6 Å². The number of sulfonamides is 1. The standard InChI is InChI=1S/C12H14F3NO3S/c13-12(14,15)9-3-1-5-11(7-9)20(18,19)16-6-2-4-10(16)8-17/h1,3,5,7,10,17H,2,4,6,8H2/t10-/m1/s1. The van der Waals surface area contributed by atoms with E-state index in [4.69, 9.17) is 5.11 Å². The third-order valence-electron chi connectivity index (χ3n) is 3.30. The second-order valence-electron chi connectivity index (χ2n) is 4.62. The third-order valence-corrected chi connectivity index (χ3v) is 5.25. The van der Waals surface area contributed by atoms with Crippen LogP contribution in [0.2, 0.25) is 0 Å². The van der Waals surface area contributed by atoms with Gasteiger partial charge in [0.05, 0.1) is 17.1 Å². The monoisotopic (exact) mass is 309 g/mol. The van der Waals surface area contributed by atoms with Crippen molar-refractivity contribution in [1.29, 1.82) is 0 Å². The van der Waals surface area contributed by atoms with E-state index in [1.54, 1.807) is 0 Å². The summed E-state index contributed by atoms with van der Waals surface area (Å²) in [6.45, 7) is -0.123. The average Bonchev–Trinajstić information content (AvgIpc) is 2.87. The minimum absolute atomic E-state index is 0.212. The van der Waals surface area contributed by atoms with Crippen molar-refractivity contribution >= 4 is 10.0 Å². The van der Waals surface area contributed by atoms with E-state index < -0.39 is 32.7 Å². The van der Waals surface area contributed by atoms with Gasteiger partial charge in [-0.2, -0.15) is 17.5 Å². The van der Waals surface area contributed by atoms with Gasteiger partial charge in [0.2, 0.25) is 10.0 Å². The highest BCUT2D eigenvalue weighted by atomic mass is 32.2. The number of aliphatic hydroxyl groups is 1. The fourth-order valence-corrected chi connectivity index (χ4v) is 4.01. The molecular weight excluding hydrogens is 295 g/mol. The van der Waals surface area contributed by atoms with Gasteiger partial charge in [-0.3, -0.25) is 0 Å². The van der Waals surface area contributed by atoms with E-state index in [0.717, 1.165) is 22.5 Å². The zero-order valence-corrected chi connectivity index (χ0v) is 11.3. The summed E-state index contributed by atoms with van der Waals surface area (Å²) in [5.74, 6) is 0. The summed E-state index contributed by atoms with van der Waals surface area (Å²) in [6, 6.07) is 3.10. The molecule has 0 unspecified atom stereocenters. The zero-order valence-electron chi connectivity index (χ0n) is 10.5. The van der Waals surface area contributed by atoms with Crippen LogP contribution in [0.5, 0.6) is 0 Å². The molecule has 0 aliphatic carbocycles. The minimum atomic E-state index is -4.59. The first-order chi connectivity index (χ1) is 9.26. The number of aliphatic hydroxyl groups excluding tert-OH is 1. The second-order valence-corrected chi connectivity index (χ2v) is 6.51. The fourth-order valence-electron chi connectivity index (χ4n) is 2.28. The van der Waals surface area contributed by atoms with Crippen LogP contribution in [0.15, 0.2) is 29.2 Å². The van der Waals surface area contributed by atoms with E-state index in [0.29, 0.717) is 18.9 Å². The predicted molar refractivity (Wildman–Crippen MR) is 65.4 cm³/mol. The van der Waals surface area contributed by atoms with Gasteiger partial charge in [-0.05, 0) is 31.0 Å². The molecule has 1 heterocycles. The summed E-state index contributed by atoms with van der Waals surface area (Å²) in [5.41, 5.74) is -1.00. The van der Waals surface area contributed by atoms with Crippen molar-refractivity contribution in [3.05, 3.63) is 29.8 Å². The van der Waals surface area contributed by atoms with Gasteiger partial charge in [0, 0.05) is 12.6 Å². The van der Waals surface area contributed by atoms with Crippen LogP contribution >= 0.6 is 0 Å². The number of hydrogen-bond acceptors (Lipinski definition) is 3. The number of nitrogens with zero attached hydrogens (tertiary/aromatic N) is 1. The van der Waals surface area contributed by atoms with Crippen molar-refractivity contribution in [2.75, 3.05) is 13.2 Å². The molecule has 0 amide bonds. The molecule has 0 bridgehead atoms. The zero-order chi connectivity index (χ0) is 15.0. The van der Waals surface area contributed by atoms with Crippen LogP contribution in [0, 0.1) is 0 Å². The average molecular weight is 309 g/mol. The lowest BCUT2D eigenvalue weighted by molar-refractivity contribution is -0.137. The maximum atomic E-state index is 12.6. The van der Waals surface area contributed by atoms with Crippen LogP contribution in [0.1, 0.15) is 18.4 Å². The van der Waals surface area contributed by atoms with Gasteiger partial charge in [-0.15, -0.1) is 0 Å². The molecule has 2 rings (SSSR count). The first-order valence-corrected chi connectivity index (χ1v) is 7.51. The van der Waals surface area contributed by atoms with Crippen LogP contribution in [-0.2, 0) is 16.2 Å². The number of hydrogen-bond donors (Lipinski definition) is 1. The molecule has 1 atom stereocenters. The highest BCUT2D eigenvalue weighted by molar-refractivity contribution is 7.89. The van der Waals surface area contributed by atoms with Crippen LogP contribution in [0.3, 0.4) is 0 Å². The van der Waals surface area contributed by atoms with Gasteiger partial charge in [0.15, 0.2) is 0 Å². The van der Waals surface area contributed by atoms with Crippen molar-refractivity contribution in [3.63, 3.8) is 0 Å². The lowest BCUT2D eigenvalue weighted by Crippen LogP contribution is -2.37. The Morgan fingerprint density at radius 1 is 1.35 bits per heavy atom. The van der Waals surface area contributed by atoms with Crippen molar-refractivity contribution in [3.8, 4) is 0 Å². The predicted octanol–water partition coefficient (Wildman–Crippen LogP) is 1.85. The molecule has 0 spiro atoms. The number of halogens is 3. The van der Waals surface area contributed by atoms with Gasteiger partial charge >= 0.3 is 6.18 Å². The van der Waals surface area contributed by atoms with Crippen molar-refractivity contribution < 1.29 is 26.7 Å². The molecule has 1 saturated heterocycles. The van der Waals surface area contributed by atoms with Crippen LogP contribution in [0.4, 0.5) is 13.2 Å². The molecule has 1 aromatic carbocycles. The first kappa shape index (κ1) is 15.3. The normalized spacial score (nSPS) is 21.3. The lowest BCUT2D eigenvalue weighted by atomic mass is 10.2. The molecule has 1 N–H and O–H groups in total. The third kappa shape index (κ3) is 2.82. The Bertz CT molecular complexity index is 586. The summed E-state index contributed by atoms with van der Waals surface area (Å²) in [7, 11) is -4.01. The van der Waals surface area contributed by atoms with Crippen molar-refractivity contribution in [2.24, 2.45) is 0 Å². The summed E-state index contributed by atoms with van der Waals surface area (Å²) in [5, 5.41) is 9.14. The molecule has 1 fully saturated rings. The molecule has 112 valence electrons. The van der Waals surface area contributed by atoms with Crippen molar-refractivity contribution in [2.45, 2.75) is 30.0 Å². The molecule has 1 aromatic rings. The van der Waals surface area contributed by atoms with E-state index in [1.165, 1.54) is 0 Å². The van der Waals surface area contributed by atoms with Gasteiger partial charge in [-0.1, -0.05) is 6.07 Å². The molecule has 8 heteroatoms.